The van der Waals surface area contributed by atoms with E-state index in [1.165, 1.54) is 0 Å². The van der Waals surface area contributed by atoms with Gasteiger partial charge in [0.1, 0.15) is 17.6 Å². The van der Waals surface area contributed by atoms with Crippen molar-refractivity contribution in [2.75, 3.05) is 17.7 Å². The molecule has 212 valence electrons. The van der Waals surface area contributed by atoms with E-state index >= 15 is 0 Å². The number of aromatic nitrogens is 1. The molecule has 0 saturated carbocycles. The first-order chi connectivity index (χ1) is 20.4. The summed E-state index contributed by atoms with van der Waals surface area (Å²) >= 11 is 0. The Labute approximate surface area is 243 Å². The summed E-state index contributed by atoms with van der Waals surface area (Å²) in [6.45, 7) is 2.31. The van der Waals surface area contributed by atoms with Crippen LogP contribution in [0.1, 0.15) is 32.9 Å². The van der Waals surface area contributed by atoms with Crippen LogP contribution in [-0.2, 0) is 17.6 Å². The summed E-state index contributed by atoms with van der Waals surface area (Å²) in [6, 6.07) is 29.7. The first-order valence-corrected chi connectivity index (χ1v) is 13.6. The molecular formula is C34H31N3O5. The minimum Gasteiger partial charge on any atom is -0.493 e. The third-order valence-electron chi connectivity index (χ3n) is 6.83. The highest BCUT2D eigenvalue weighted by Crippen LogP contribution is 2.24. The molecule has 0 radical (unpaired) electrons. The number of hydrogen-bond acceptors (Lipinski definition) is 7. The maximum atomic E-state index is 13.2. The van der Waals surface area contributed by atoms with Crippen molar-refractivity contribution in [3.05, 3.63) is 131 Å². The van der Waals surface area contributed by atoms with E-state index in [0.717, 1.165) is 22.6 Å². The zero-order valence-corrected chi connectivity index (χ0v) is 23.1. The van der Waals surface area contributed by atoms with Gasteiger partial charge in [-0.15, -0.1) is 0 Å². The maximum Gasteiger partial charge on any atom is 0.326 e. The normalized spacial score (nSPS) is 11.5. The molecule has 0 saturated heterocycles. The molecule has 8 heteroatoms. The number of ketones is 1. The van der Waals surface area contributed by atoms with Gasteiger partial charge in [0.15, 0.2) is 5.78 Å². The average Bonchev–Trinajstić information content (AvgIpc) is 3.38. The van der Waals surface area contributed by atoms with Crippen LogP contribution in [0.25, 0.3) is 11.5 Å². The van der Waals surface area contributed by atoms with Crippen molar-refractivity contribution in [2.45, 2.75) is 25.8 Å². The summed E-state index contributed by atoms with van der Waals surface area (Å²) in [5.41, 5.74) is 10.1. The van der Waals surface area contributed by atoms with Crippen LogP contribution in [-0.4, -0.2) is 34.5 Å². The van der Waals surface area contributed by atoms with E-state index < -0.39 is 12.0 Å². The summed E-state index contributed by atoms with van der Waals surface area (Å²) in [5, 5.41) is 13.0. The lowest BCUT2D eigenvalue weighted by Crippen LogP contribution is -2.32. The van der Waals surface area contributed by atoms with Gasteiger partial charge >= 0.3 is 5.97 Å². The lowest BCUT2D eigenvalue weighted by molar-refractivity contribution is -0.137. The van der Waals surface area contributed by atoms with Crippen LogP contribution in [0.3, 0.4) is 0 Å². The van der Waals surface area contributed by atoms with E-state index in [9.17, 15) is 14.7 Å². The Balaban J connectivity index is 1.20. The van der Waals surface area contributed by atoms with Crippen LogP contribution < -0.4 is 15.8 Å². The summed E-state index contributed by atoms with van der Waals surface area (Å²) < 4.78 is 11.7. The zero-order chi connectivity index (χ0) is 29.5. The monoisotopic (exact) mass is 561 g/mol. The number of carboxylic acids is 1. The average molecular weight is 562 g/mol. The van der Waals surface area contributed by atoms with E-state index in [1.807, 2.05) is 61.5 Å². The van der Waals surface area contributed by atoms with Crippen molar-refractivity contribution in [1.29, 1.82) is 0 Å². The Hall–Kier alpha value is -5.37. The highest BCUT2D eigenvalue weighted by atomic mass is 16.5. The number of hydrogen-bond donors (Lipinski definition) is 3. The molecule has 4 N–H and O–H groups in total. The number of nitrogen functional groups attached to an aromatic ring is 1. The molecule has 5 aromatic rings. The van der Waals surface area contributed by atoms with Crippen molar-refractivity contribution in [2.24, 2.45) is 0 Å². The number of nitrogens with two attached hydrogens (primary N) is 1. The number of carboxylic acid groups (broad SMARTS) is 1. The highest BCUT2D eigenvalue weighted by Gasteiger charge is 2.21. The van der Waals surface area contributed by atoms with Crippen molar-refractivity contribution in [3.63, 3.8) is 0 Å². The molecule has 1 atom stereocenters. The van der Waals surface area contributed by atoms with Gasteiger partial charge < -0.3 is 25.3 Å². The number of rotatable bonds is 12. The lowest BCUT2D eigenvalue weighted by Gasteiger charge is -2.18. The molecule has 0 fully saturated rings. The molecule has 8 nitrogen and oxygen atoms in total. The van der Waals surface area contributed by atoms with Gasteiger partial charge in [-0.2, -0.15) is 0 Å². The number of carbonyl (C=O) groups is 2. The van der Waals surface area contributed by atoms with Gasteiger partial charge in [-0.1, -0.05) is 54.6 Å². The lowest BCUT2D eigenvalue weighted by atomic mass is 10.00. The maximum absolute atomic E-state index is 13.2. The molecule has 0 spiro atoms. The third kappa shape index (κ3) is 6.85. The predicted molar refractivity (Wildman–Crippen MR) is 162 cm³/mol. The smallest absolute Gasteiger partial charge is 0.326 e. The van der Waals surface area contributed by atoms with Crippen molar-refractivity contribution < 1.29 is 23.8 Å². The molecule has 0 amide bonds. The number of oxazole rings is 1. The van der Waals surface area contributed by atoms with Crippen molar-refractivity contribution in [1.82, 2.24) is 4.98 Å². The van der Waals surface area contributed by atoms with E-state index in [-0.39, 0.29) is 12.2 Å². The summed E-state index contributed by atoms with van der Waals surface area (Å²) in [4.78, 5) is 29.9. The number of aliphatic carboxylic acids is 1. The van der Waals surface area contributed by atoms with Crippen molar-refractivity contribution >= 4 is 23.1 Å². The molecule has 0 aliphatic heterocycles. The SMILES string of the molecule is Cc1oc(-c2ccccc2)nc1CCOc1ccc(CC(Nc2ccccc2C(=O)c2cccc(N)c2)C(=O)O)cc1. The fourth-order valence-corrected chi connectivity index (χ4v) is 4.62. The largest absolute Gasteiger partial charge is 0.493 e. The number of aryl methyl sites for hydroxylation is 1. The third-order valence-corrected chi connectivity index (χ3v) is 6.83. The fraction of sp³-hybridized carbons (Fsp3) is 0.147. The van der Waals surface area contributed by atoms with Gasteiger partial charge in [-0.05, 0) is 61.0 Å². The number of para-hydroxylation sites is 1. The number of carbonyl (C=O) groups excluding carboxylic acids is 1. The van der Waals surface area contributed by atoms with Gasteiger partial charge in [0, 0.05) is 40.9 Å². The number of benzene rings is 4. The van der Waals surface area contributed by atoms with Crippen molar-refractivity contribution in [3.8, 4) is 17.2 Å². The first-order valence-electron chi connectivity index (χ1n) is 13.6. The number of anilines is 2. The Morgan fingerprint density at radius 2 is 1.69 bits per heavy atom. The van der Waals surface area contributed by atoms with Crippen LogP contribution in [0.15, 0.2) is 108 Å². The highest BCUT2D eigenvalue weighted by molar-refractivity contribution is 6.12. The number of ether oxygens (including phenoxy) is 1. The molecule has 1 heterocycles. The number of nitrogens with one attached hydrogen (secondary N) is 1. The fourth-order valence-electron chi connectivity index (χ4n) is 4.62. The van der Waals surface area contributed by atoms with E-state index in [0.29, 0.717) is 47.2 Å². The molecule has 1 aromatic heterocycles. The van der Waals surface area contributed by atoms with E-state index in [4.69, 9.17) is 14.9 Å². The molecule has 0 bridgehead atoms. The molecule has 5 rings (SSSR count). The van der Waals surface area contributed by atoms with E-state index in [1.54, 1.807) is 48.5 Å². The minimum absolute atomic E-state index is 0.205. The van der Waals surface area contributed by atoms with Gasteiger partial charge in [0.25, 0.3) is 0 Å². The molecule has 0 aliphatic rings. The first kappa shape index (κ1) is 28.2. The topological polar surface area (TPSA) is 128 Å². The Kier molecular flexibility index (Phi) is 8.63. The Morgan fingerprint density at radius 3 is 2.43 bits per heavy atom. The van der Waals surface area contributed by atoms with Crippen LogP contribution in [0.5, 0.6) is 5.75 Å². The van der Waals surface area contributed by atoms with Gasteiger partial charge in [-0.3, -0.25) is 4.79 Å². The second-order valence-electron chi connectivity index (χ2n) is 9.87. The molecule has 0 aliphatic carbocycles. The minimum atomic E-state index is -1.03. The van der Waals surface area contributed by atoms with Gasteiger partial charge in [0.05, 0.1) is 12.3 Å². The van der Waals surface area contributed by atoms with Crippen LogP contribution >= 0.6 is 0 Å². The quantitative estimate of drug-likeness (QED) is 0.121. The Morgan fingerprint density at radius 1 is 0.952 bits per heavy atom. The summed E-state index contributed by atoms with van der Waals surface area (Å²) in [5.74, 6) is 0.746. The van der Waals surface area contributed by atoms with E-state index in [2.05, 4.69) is 10.3 Å². The molecule has 42 heavy (non-hydrogen) atoms. The van der Waals surface area contributed by atoms with Gasteiger partial charge in [0.2, 0.25) is 5.89 Å². The second kappa shape index (κ2) is 12.9. The van der Waals surface area contributed by atoms with Gasteiger partial charge in [-0.25, -0.2) is 9.78 Å². The van der Waals surface area contributed by atoms with Crippen LogP contribution in [0.4, 0.5) is 11.4 Å². The zero-order valence-electron chi connectivity index (χ0n) is 23.1. The van der Waals surface area contributed by atoms with Crippen LogP contribution in [0, 0.1) is 6.92 Å². The predicted octanol–water partition coefficient (Wildman–Crippen LogP) is 6.19. The summed E-state index contributed by atoms with van der Waals surface area (Å²) in [7, 11) is 0. The standard InChI is InChI=1S/C34H31N3O5/c1-22-29(37-33(42-22)24-8-3-2-4-9-24)18-19-41-27-16-14-23(15-17-27)20-31(34(39)40)36-30-13-6-5-12-28(30)32(38)25-10-7-11-26(35)21-25/h2-17,21,31,36H,18-20,35H2,1H3,(H,39,40). The molecular weight excluding hydrogens is 530 g/mol. The Bertz CT molecular complexity index is 1680. The summed E-state index contributed by atoms with van der Waals surface area (Å²) in [6.07, 6.45) is 0.791. The molecule has 4 aromatic carbocycles. The second-order valence-corrected chi connectivity index (χ2v) is 9.87. The van der Waals surface area contributed by atoms with Crippen LogP contribution in [0.2, 0.25) is 0 Å². The number of nitrogens with zero attached hydrogens (tertiary/aromatic N) is 1. The molecule has 1 unspecified atom stereocenters.